The van der Waals surface area contributed by atoms with Gasteiger partial charge in [0.15, 0.2) is 11.5 Å². The van der Waals surface area contributed by atoms with Crippen LogP contribution in [-0.4, -0.2) is 52.3 Å². The van der Waals surface area contributed by atoms with Crippen LogP contribution in [0.5, 0.6) is 11.5 Å². The van der Waals surface area contributed by atoms with Crippen molar-refractivity contribution in [3.05, 3.63) is 83.4 Å². The smallest absolute Gasteiger partial charge is 0.319 e. The molecule has 1 atom stereocenters. The third kappa shape index (κ3) is 5.69. The highest BCUT2D eigenvalue weighted by atomic mass is 16.5. The second-order valence-electron chi connectivity index (χ2n) is 8.87. The van der Waals surface area contributed by atoms with Crippen molar-refractivity contribution < 1.29 is 14.3 Å². The van der Waals surface area contributed by atoms with Gasteiger partial charge >= 0.3 is 6.03 Å². The van der Waals surface area contributed by atoms with Gasteiger partial charge in [0.25, 0.3) is 0 Å². The fraction of sp³-hybridized carbons (Fsp3) is 0.321. The molecule has 0 radical (unpaired) electrons. The van der Waals surface area contributed by atoms with Gasteiger partial charge in [0.1, 0.15) is 0 Å². The number of methoxy groups -OCH3 is 2. The van der Waals surface area contributed by atoms with Gasteiger partial charge in [0, 0.05) is 39.4 Å². The molecule has 35 heavy (non-hydrogen) atoms. The van der Waals surface area contributed by atoms with E-state index in [4.69, 9.17) is 9.47 Å². The van der Waals surface area contributed by atoms with Crippen molar-refractivity contribution in [2.24, 2.45) is 0 Å². The molecule has 1 heterocycles. The van der Waals surface area contributed by atoms with Crippen LogP contribution in [0.15, 0.2) is 66.7 Å². The zero-order valence-electron chi connectivity index (χ0n) is 20.9. The normalized spacial score (nSPS) is 13.9. The molecule has 2 N–H and O–H groups in total. The Labute approximate surface area is 207 Å². The Morgan fingerprint density at radius 3 is 2.40 bits per heavy atom. The van der Waals surface area contributed by atoms with Crippen molar-refractivity contribution in [1.29, 1.82) is 0 Å². The molecule has 3 aromatic rings. The number of benzene rings is 3. The van der Waals surface area contributed by atoms with E-state index in [0.717, 1.165) is 25.2 Å². The fourth-order valence-corrected chi connectivity index (χ4v) is 4.58. The number of carbonyl (C=O) groups is 1. The average molecular weight is 475 g/mol. The van der Waals surface area contributed by atoms with Crippen molar-refractivity contribution in [1.82, 2.24) is 10.2 Å². The summed E-state index contributed by atoms with van der Waals surface area (Å²) in [5, 5.41) is 5.98. The summed E-state index contributed by atoms with van der Waals surface area (Å²) < 4.78 is 10.8. The third-order valence-corrected chi connectivity index (χ3v) is 6.50. The first-order valence-corrected chi connectivity index (χ1v) is 11.8. The Morgan fingerprint density at radius 1 is 0.971 bits per heavy atom. The van der Waals surface area contributed by atoms with Crippen LogP contribution in [-0.2, 0) is 13.0 Å². The molecular formula is C28H34N4O3. The first-order valence-electron chi connectivity index (χ1n) is 11.8. The topological polar surface area (TPSA) is 66.1 Å². The van der Waals surface area contributed by atoms with Crippen LogP contribution in [0, 0.1) is 0 Å². The highest BCUT2D eigenvalue weighted by Crippen LogP contribution is 2.34. The highest BCUT2D eigenvalue weighted by molar-refractivity contribution is 5.91. The zero-order chi connectivity index (χ0) is 24.8. The molecule has 1 aliphatic heterocycles. The molecule has 0 bridgehead atoms. The van der Waals surface area contributed by atoms with E-state index in [0.29, 0.717) is 23.7 Å². The van der Waals surface area contributed by atoms with E-state index in [-0.39, 0.29) is 12.1 Å². The molecule has 1 aliphatic rings. The van der Waals surface area contributed by atoms with Gasteiger partial charge in [-0.15, -0.1) is 0 Å². The summed E-state index contributed by atoms with van der Waals surface area (Å²) >= 11 is 0. The third-order valence-electron chi connectivity index (χ3n) is 6.50. The molecule has 0 saturated carbocycles. The van der Waals surface area contributed by atoms with Crippen LogP contribution in [0.25, 0.3) is 0 Å². The van der Waals surface area contributed by atoms with E-state index >= 15 is 0 Å². The first kappa shape index (κ1) is 24.4. The number of amides is 2. The summed E-state index contributed by atoms with van der Waals surface area (Å²) in [7, 11) is 7.20. The van der Waals surface area contributed by atoms with Gasteiger partial charge in [-0.25, -0.2) is 4.79 Å². The molecule has 0 saturated heterocycles. The number of rotatable bonds is 8. The number of hydrogen-bond donors (Lipinski definition) is 2. The van der Waals surface area contributed by atoms with Gasteiger partial charge < -0.3 is 25.0 Å². The zero-order valence-corrected chi connectivity index (χ0v) is 20.9. The maximum Gasteiger partial charge on any atom is 0.319 e. The number of ether oxygens (including phenoxy) is 2. The molecule has 2 amide bonds. The lowest BCUT2D eigenvalue weighted by atomic mass is 9.96. The number of carbonyl (C=O) groups excluding carboxylic acids is 1. The van der Waals surface area contributed by atoms with E-state index in [9.17, 15) is 4.79 Å². The van der Waals surface area contributed by atoms with Crippen LogP contribution < -0.4 is 25.0 Å². The van der Waals surface area contributed by atoms with Crippen molar-refractivity contribution in [2.75, 3.05) is 51.6 Å². The number of hydrogen-bond acceptors (Lipinski definition) is 5. The molecule has 184 valence electrons. The lowest BCUT2D eigenvalue weighted by Gasteiger charge is -2.36. The van der Waals surface area contributed by atoms with E-state index in [1.807, 2.05) is 20.2 Å². The Morgan fingerprint density at radius 2 is 1.71 bits per heavy atom. The molecule has 0 fully saturated rings. The standard InChI is InChI=1S/C28H34N4O3/c1-31(2)23-14-12-21(13-15-23)25(32-17-16-20-8-5-6-9-22(20)19-32)18-29-28(33)30-24-10-7-11-26(34-3)27(24)35-4/h5-15,25H,16-19H2,1-4H3,(H2,29,30,33)/t25-/m0/s1. The summed E-state index contributed by atoms with van der Waals surface area (Å²) in [6, 6.07) is 22.3. The van der Waals surface area contributed by atoms with Crippen molar-refractivity contribution in [3.63, 3.8) is 0 Å². The Bertz CT molecular complexity index is 1150. The lowest BCUT2D eigenvalue weighted by molar-refractivity contribution is 0.175. The maximum absolute atomic E-state index is 12.9. The molecule has 0 unspecified atom stereocenters. The van der Waals surface area contributed by atoms with E-state index in [1.165, 1.54) is 16.7 Å². The van der Waals surface area contributed by atoms with E-state index < -0.39 is 0 Å². The highest BCUT2D eigenvalue weighted by Gasteiger charge is 2.25. The maximum atomic E-state index is 12.9. The number of urea groups is 1. The summed E-state index contributed by atoms with van der Waals surface area (Å²) in [6.07, 6.45) is 0.996. The Kier molecular flexibility index (Phi) is 7.77. The predicted octanol–water partition coefficient (Wildman–Crippen LogP) is 4.69. The Balaban J connectivity index is 1.51. The molecule has 0 aliphatic carbocycles. The molecule has 7 heteroatoms. The molecule has 0 spiro atoms. The number of anilines is 2. The second-order valence-corrected chi connectivity index (χ2v) is 8.87. The van der Waals surface area contributed by atoms with E-state index in [2.05, 4.69) is 69.0 Å². The molecule has 4 rings (SSSR count). The molecule has 7 nitrogen and oxygen atoms in total. The van der Waals surface area contributed by atoms with Crippen molar-refractivity contribution in [3.8, 4) is 11.5 Å². The Hall–Kier alpha value is -3.71. The number of nitrogens with zero attached hydrogens (tertiary/aromatic N) is 2. The van der Waals surface area contributed by atoms with Crippen LogP contribution in [0.3, 0.4) is 0 Å². The summed E-state index contributed by atoms with van der Waals surface area (Å²) in [6.45, 7) is 2.26. The van der Waals surface area contributed by atoms with Crippen LogP contribution in [0.4, 0.5) is 16.2 Å². The number of para-hydroxylation sites is 1. The SMILES string of the molecule is COc1cccc(NC(=O)NC[C@@H](c2ccc(N(C)C)cc2)N2CCc3ccccc3C2)c1OC. The molecular weight excluding hydrogens is 440 g/mol. The fourth-order valence-electron chi connectivity index (χ4n) is 4.58. The van der Waals surface area contributed by atoms with Crippen LogP contribution in [0.2, 0.25) is 0 Å². The summed E-state index contributed by atoms with van der Waals surface area (Å²) in [4.78, 5) is 17.4. The molecule has 0 aromatic heterocycles. The lowest BCUT2D eigenvalue weighted by Crippen LogP contribution is -2.41. The number of fused-ring (bicyclic) bond motifs is 1. The summed E-state index contributed by atoms with van der Waals surface area (Å²) in [5.41, 5.74) is 5.63. The average Bonchev–Trinajstić information content (AvgIpc) is 2.88. The van der Waals surface area contributed by atoms with Gasteiger partial charge in [-0.2, -0.15) is 0 Å². The summed E-state index contributed by atoms with van der Waals surface area (Å²) in [5.74, 6) is 1.06. The van der Waals surface area contributed by atoms with Gasteiger partial charge in [-0.1, -0.05) is 42.5 Å². The monoisotopic (exact) mass is 474 g/mol. The van der Waals surface area contributed by atoms with Gasteiger partial charge in [0.05, 0.1) is 25.9 Å². The first-order chi connectivity index (χ1) is 17.0. The van der Waals surface area contributed by atoms with Crippen molar-refractivity contribution in [2.45, 2.75) is 19.0 Å². The van der Waals surface area contributed by atoms with Crippen molar-refractivity contribution >= 4 is 17.4 Å². The minimum absolute atomic E-state index is 0.0394. The van der Waals surface area contributed by atoms with Crippen LogP contribution >= 0.6 is 0 Å². The molecule has 3 aromatic carbocycles. The predicted molar refractivity (Wildman–Crippen MR) is 141 cm³/mol. The van der Waals surface area contributed by atoms with Gasteiger partial charge in [0.2, 0.25) is 0 Å². The van der Waals surface area contributed by atoms with E-state index in [1.54, 1.807) is 26.4 Å². The number of nitrogens with one attached hydrogen (secondary N) is 2. The minimum Gasteiger partial charge on any atom is -0.493 e. The largest absolute Gasteiger partial charge is 0.493 e. The van der Waals surface area contributed by atoms with Gasteiger partial charge in [-0.3, -0.25) is 4.90 Å². The van der Waals surface area contributed by atoms with Gasteiger partial charge in [-0.05, 0) is 47.4 Å². The quantitative estimate of drug-likeness (QED) is 0.496. The van der Waals surface area contributed by atoms with Crippen LogP contribution in [0.1, 0.15) is 22.7 Å². The second kappa shape index (κ2) is 11.1. The minimum atomic E-state index is -0.288.